The van der Waals surface area contributed by atoms with Gasteiger partial charge < -0.3 is 5.32 Å². The van der Waals surface area contributed by atoms with Crippen LogP contribution in [0, 0.1) is 0 Å². The van der Waals surface area contributed by atoms with Gasteiger partial charge in [-0.25, -0.2) is 13.4 Å². The third-order valence-electron chi connectivity index (χ3n) is 2.72. The second kappa shape index (κ2) is 4.92. The molecule has 1 fully saturated rings. The normalized spacial score (nSPS) is 23.6. The Balaban J connectivity index is 1.62. The van der Waals surface area contributed by atoms with E-state index in [-0.39, 0.29) is 11.8 Å². The van der Waals surface area contributed by atoms with Gasteiger partial charge in [0, 0.05) is 12.5 Å². The predicted molar refractivity (Wildman–Crippen MR) is 59.8 cm³/mol. The van der Waals surface area contributed by atoms with Crippen LogP contribution in [0.3, 0.4) is 0 Å². The lowest BCUT2D eigenvalue weighted by molar-refractivity contribution is 0.539. The average molecular weight is 244 g/mol. The van der Waals surface area contributed by atoms with E-state index in [1.807, 2.05) is 0 Å². The highest BCUT2D eigenvalue weighted by molar-refractivity contribution is 7.91. The molecule has 1 aromatic rings. The van der Waals surface area contributed by atoms with E-state index in [1.165, 1.54) is 6.33 Å². The third kappa shape index (κ3) is 3.28. The Morgan fingerprint density at radius 1 is 1.56 bits per heavy atom. The Kier molecular flexibility index (Phi) is 3.55. The summed E-state index contributed by atoms with van der Waals surface area (Å²) < 4.78 is 22.4. The summed E-state index contributed by atoms with van der Waals surface area (Å²) in [4.78, 5) is 4.02. The van der Waals surface area contributed by atoms with E-state index in [0.717, 1.165) is 31.6 Å². The molecule has 6 nitrogen and oxygen atoms in total. The second-order valence-electron chi connectivity index (χ2n) is 4.09. The highest BCUT2D eigenvalue weighted by Gasteiger charge is 2.26. The number of rotatable bonds is 5. The van der Waals surface area contributed by atoms with Gasteiger partial charge in [0.2, 0.25) is 0 Å². The maximum Gasteiger partial charge on any atom is 0.151 e. The lowest BCUT2D eigenvalue weighted by Gasteiger charge is -2.09. The van der Waals surface area contributed by atoms with E-state index in [4.69, 9.17) is 0 Å². The van der Waals surface area contributed by atoms with Crippen molar-refractivity contribution in [1.29, 1.82) is 0 Å². The topological polar surface area (TPSA) is 87.7 Å². The van der Waals surface area contributed by atoms with Crippen molar-refractivity contribution < 1.29 is 8.42 Å². The molecular formula is C9H16N4O2S. The fourth-order valence-corrected chi connectivity index (χ4v) is 3.58. The lowest BCUT2D eigenvalue weighted by Crippen LogP contribution is -2.31. The number of hydrogen-bond donors (Lipinski definition) is 2. The molecule has 16 heavy (non-hydrogen) atoms. The first-order chi connectivity index (χ1) is 7.66. The molecule has 0 aliphatic carbocycles. The van der Waals surface area contributed by atoms with Gasteiger partial charge in [-0.1, -0.05) is 0 Å². The molecule has 1 aliphatic rings. The van der Waals surface area contributed by atoms with Crippen LogP contribution >= 0.6 is 0 Å². The molecule has 0 spiro atoms. The fourth-order valence-electron chi connectivity index (χ4n) is 1.87. The number of hydrogen-bond acceptors (Lipinski definition) is 5. The summed E-state index contributed by atoms with van der Waals surface area (Å²) in [5.74, 6) is 1.49. The second-order valence-corrected chi connectivity index (χ2v) is 6.32. The van der Waals surface area contributed by atoms with Crippen LogP contribution in [0.2, 0.25) is 0 Å². The quantitative estimate of drug-likeness (QED) is 0.683. The molecule has 1 saturated heterocycles. The smallest absolute Gasteiger partial charge is 0.151 e. The highest BCUT2D eigenvalue weighted by atomic mass is 32.2. The number of sulfone groups is 1. The van der Waals surface area contributed by atoms with Gasteiger partial charge in [0.15, 0.2) is 9.84 Å². The zero-order valence-corrected chi connectivity index (χ0v) is 9.83. The van der Waals surface area contributed by atoms with E-state index < -0.39 is 9.84 Å². The van der Waals surface area contributed by atoms with Gasteiger partial charge in [0.25, 0.3) is 0 Å². The van der Waals surface area contributed by atoms with Crippen LogP contribution in [0.1, 0.15) is 18.7 Å². The van der Waals surface area contributed by atoms with Gasteiger partial charge in [0.1, 0.15) is 12.2 Å². The molecule has 0 bridgehead atoms. The van der Waals surface area contributed by atoms with Crippen LogP contribution in [-0.4, -0.2) is 47.7 Å². The van der Waals surface area contributed by atoms with E-state index in [2.05, 4.69) is 20.5 Å². The summed E-state index contributed by atoms with van der Waals surface area (Å²) >= 11 is 0. The maximum atomic E-state index is 11.2. The minimum atomic E-state index is -2.77. The number of nitrogens with one attached hydrogen (secondary N) is 2. The summed E-state index contributed by atoms with van der Waals surface area (Å²) in [5.41, 5.74) is 0. The van der Waals surface area contributed by atoms with Crippen LogP contribution in [0.15, 0.2) is 6.33 Å². The van der Waals surface area contributed by atoms with Gasteiger partial charge in [-0.2, -0.15) is 5.10 Å². The first kappa shape index (κ1) is 11.5. The van der Waals surface area contributed by atoms with Gasteiger partial charge in [-0.3, -0.25) is 5.10 Å². The molecule has 0 aromatic carbocycles. The molecule has 1 aromatic heterocycles. The highest BCUT2D eigenvalue weighted by Crippen LogP contribution is 2.11. The van der Waals surface area contributed by atoms with E-state index >= 15 is 0 Å². The number of aryl methyl sites for hydroxylation is 1. The predicted octanol–water partition coefficient (Wildman–Crippen LogP) is -0.486. The molecule has 90 valence electrons. The van der Waals surface area contributed by atoms with Crippen LogP contribution < -0.4 is 5.32 Å². The first-order valence-electron chi connectivity index (χ1n) is 5.44. The molecule has 2 N–H and O–H groups in total. The van der Waals surface area contributed by atoms with Gasteiger partial charge in [-0.05, 0) is 19.4 Å². The fraction of sp³-hybridized carbons (Fsp3) is 0.778. The molecule has 2 heterocycles. The van der Waals surface area contributed by atoms with Crippen molar-refractivity contribution >= 4 is 9.84 Å². The minimum absolute atomic E-state index is 0.139. The third-order valence-corrected chi connectivity index (χ3v) is 4.49. The van der Waals surface area contributed by atoms with Crippen molar-refractivity contribution in [2.45, 2.75) is 25.3 Å². The number of aromatic nitrogens is 3. The van der Waals surface area contributed by atoms with Crippen molar-refractivity contribution in [3.63, 3.8) is 0 Å². The van der Waals surface area contributed by atoms with Crippen LogP contribution in [0.4, 0.5) is 0 Å². The Labute approximate surface area is 94.8 Å². The van der Waals surface area contributed by atoms with Crippen LogP contribution in [-0.2, 0) is 16.3 Å². The molecular weight excluding hydrogens is 228 g/mol. The maximum absolute atomic E-state index is 11.2. The molecule has 7 heteroatoms. The lowest BCUT2D eigenvalue weighted by atomic mass is 10.2. The molecule has 1 unspecified atom stereocenters. The SMILES string of the molecule is O=S1(=O)CCC(NCCCc2ncn[nH]2)C1. The van der Waals surface area contributed by atoms with Crippen LogP contribution in [0.5, 0.6) is 0 Å². The number of aromatic amines is 1. The molecule has 1 aliphatic heterocycles. The van der Waals surface area contributed by atoms with Gasteiger partial charge >= 0.3 is 0 Å². The molecule has 0 radical (unpaired) electrons. The Hall–Kier alpha value is -0.950. The Morgan fingerprint density at radius 2 is 2.44 bits per heavy atom. The minimum Gasteiger partial charge on any atom is -0.313 e. The Bertz CT molecular complexity index is 415. The van der Waals surface area contributed by atoms with Crippen molar-refractivity contribution in [1.82, 2.24) is 20.5 Å². The van der Waals surface area contributed by atoms with E-state index in [1.54, 1.807) is 0 Å². The monoisotopic (exact) mass is 244 g/mol. The average Bonchev–Trinajstić information content (AvgIpc) is 2.82. The van der Waals surface area contributed by atoms with Gasteiger partial charge in [-0.15, -0.1) is 0 Å². The van der Waals surface area contributed by atoms with E-state index in [9.17, 15) is 8.42 Å². The summed E-state index contributed by atoms with van der Waals surface area (Å²) in [6.07, 6.45) is 4.01. The van der Waals surface area contributed by atoms with Crippen molar-refractivity contribution in [3.8, 4) is 0 Å². The van der Waals surface area contributed by atoms with Gasteiger partial charge in [0.05, 0.1) is 11.5 Å². The number of H-pyrrole nitrogens is 1. The summed E-state index contributed by atoms with van der Waals surface area (Å²) in [5, 5.41) is 9.81. The van der Waals surface area contributed by atoms with Crippen molar-refractivity contribution in [2.75, 3.05) is 18.1 Å². The van der Waals surface area contributed by atoms with Crippen molar-refractivity contribution in [3.05, 3.63) is 12.2 Å². The summed E-state index contributed by atoms with van der Waals surface area (Å²) in [6, 6.07) is 0.139. The largest absolute Gasteiger partial charge is 0.313 e. The molecule has 2 rings (SSSR count). The summed E-state index contributed by atoms with van der Waals surface area (Å²) in [7, 11) is -2.77. The zero-order valence-electron chi connectivity index (χ0n) is 9.02. The van der Waals surface area contributed by atoms with E-state index in [0.29, 0.717) is 5.75 Å². The number of nitrogens with zero attached hydrogens (tertiary/aromatic N) is 2. The molecule has 0 amide bonds. The van der Waals surface area contributed by atoms with Crippen molar-refractivity contribution in [2.24, 2.45) is 0 Å². The summed E-state index contributed by atoms with van der Waals surface area (Å²) in [6.45, 7) is 0.820. The molecule has 1 atom stereocenters. The first-order valence-corrected chi connectivity index (χ1v) is 7.26. The van der Waals surface area contributed by atoms with Crippen LogP contribution in [0.25, 0.3) is 0 Å². The molecule has 0 saturated carbocycles. The standard InChI is InChI=1S/C9H16N4O2S/c14-16(15)5-3-8(6-16)10-4-1-2-9-11-7-12-13-9/h7-8,10H,1-6H2,(H,11,12,13). The Morgan fingerprint density at radius 3 is 3.06 bits per heavy atom. The zero-order chi connectivity index (χ0) is 11.4.